The van der Waals surface area contributed by atoms with E-state index in [-0.39, 0.29) is 5.56 Å². The van der Waals surface area contributed by atoms with Crippen LogP contribution in [-0.4, -0.2) is 19.4 Å². The molecular formula is C44H26N4O2. The number of rotatable bonds is 4. The predicted octanol–water partition coefficient (Wildman–Crippen LogP) is 10.4. The summed E-state index contributed by atoms with van der Waals surface area (Å²) in [6.45, 7) is 0. The summed E-state index contributed by atoms with van der Waals surface area (Å²) in [7, 11) is 0. The van der Waals surface area contributed by atoms with Crippen LogP contribution in [0.25, 0.3) is 94.4 Å². The maximum Gasteiger partial charge on any atom is 0.263 e. The maximum absolute atomic E-state index is 14.2. The molecule has 10 aromatic rings. The lowest BCUT2D eigenvalue weighted by atomic mass is 10.00. The standard InChI is InChI=1S/C44H26N4O2/c49-44-33-19-10-8-17-30(33)26-37-32-18-9-7-16-29(32)25-36(48(37)44)31-22-23-38-35(24-31)40-34(20-11-21-39(40)50-38)43-46-41(27-12-3-1-4-13-27)45-42(47-43)28-14-5-2-6-15-28/h1-26H. The molecule has 50 heavy (non-hydrogen) atoms. The van der Waals surface area contributed by atoms with Gasteiger partial charge in [-0.05, 0) is 58.8 Å². The minimum atomic E-state index is -0.0521. The van der Waals surface area contributed by atoms with Gasteiger partial charge < -0.3 is 4.42 Å². The van der Waals surface area contributed by atoms with Crippen LogP contribution < -0.4 is 5.56 Å². The Balaban J connectivity index is 1.25. The molecule has 10 rings (SSSR count). The molecule has 0 saturated heterocycles. The Hall–Kier alpha value is -6.92. The number of hydrogen-bond acceptors (Lipinski definition) is 5. The zero-order valence-electron chi connectivity index (χ0n) is 26.6. The van der Waals surface area contributed by atoms with Gasteiger partial charge in [0.25, 0.3) is 5.56 Å². The van der Waals surface area contributed by atoms with Crippen LogP contribution in [0.5, 0.6) is 0 Å². The number of aromatic nitrogens is 4. The lowest BCUT2D eigenvalue weighted by molar-refractivity contribution is 0.669. The molecule has 0 amide bonds. The van der Waals surface area contributed by atoms with E-state index in [1.165, 1.54) is 0 Å². The number of nitrogens with zero attached hydrogens (tertiary/aromatic N) is 4. The van der Waals surface area contributed by atoms with E-state index in [1.807, 2.05) is 132 Å². The molecule has 0 saturated carbocycles. The summed E-state index contributed by atoms with van der Waals surface area (Å²) in [4.78, 5) is 29.1. The number of pyridine rings is 2. The van der Waals surface area contributed by atoms with Gasteiger partial charge in [0.05, 0.1) is 11.2 Å². The molecule has 0 atom stereocenters. The summed E-state index contributed by atoms with van der Waals surface area (Å²) >= 11 is 0. The van der Waals surface area contributed by atoms with Gasteiger partial charge in [-0.15, -0.1) is 0 Å². The van der Waals surface area contributed by atoms with Gasteiger partial charge in [-0.3, -0.25) is 9.20 Å². The van der Waals surface area contributed by atoms with Crippen LogP contribution in [0.1, 0.15) is 0 Å². The van der Waals surface area contributed by atoms with E-state index < -0.39 is 0 Å². The lowest BCUT2D eigenvalue weighted by Crippen LogP contribution is -2.16. The van der Waals surface area contributed by atoms with Gasteiger partial charge in [-0.25, -0.2) is 15.0 Å². The highest BCUT2D eigenvalue weighted by atomic mass is 16.3. The molecule has 0 N–H and O–H groups in total. The molecule has 234 valence electrons. The lowest BCUT2D eigenvalue weighted by Gasteiger charge is -2.14. The van der Waals surface area contributed by atoms with Crippen LogP contribution in [-0.2, 0) is 0 Å². The molecule has 6 nitrogen and oxygen atoms in total. The molecule has 0 radical (unpaired) electrons. The fourth-order valence-corrected chi connectivity index (χ4v) is 7.08. The molecule has 0 unspecified atom stereocenters. The molecule has 0 bridgehead atoms. The normalized spacial score (nSPS) is 11.7. The first-order valence-electron chi connectivity index (χ1n) is 16.5. The predicted molar refractivity (Wildman–Crippen MR) is 201 cm³/mol. The van der Waals surface area contributed by atoms with Gasteiger partial charge in [-0.1, -0.05) is 115 Å². The number of fused-ring (bicyclic) bond motifs is 7. The largest absolute Gasteiger partial charge is 0.456 e. The van der Waals surface area contributed by atoms with Crippen LogP contribution in [0, 0.1) is 0 Å². The number of furan rings is 1. The van der Waals surface area contributed by atoms with Crippen molar-refractivity contribution in [2.45, 2.75) is 0 Å². The molecule has 0 aliphatic heterocycles. The van der Waals surface area contributed by atoms with Crippen molar-refractivity contribution < 1.29 is 4.42 Å². The number of hydrogen-bond donors (Lipinski definition) is 0. The quantitative estimate of drug-likeness (QED) is 0.141. The van der Waals surface area contributed by atoms with Gasteiger partial charge in [0.2, 0.25) is 0 Å². The minimum Gasteiger partial charge on any atom is -0.456 e. The number of benzene rings is 6. The van der Waals surface area contributed by atoms with Gasteiger partial charge in [0.1, 0.15) is 11.2 Å². The molecule has 6 heteroatoms. The molecule has 0 aliphatic rings. The van der Waals surface area contributed by atoms with Gasteiger partial charge in [0, 0.05) is 38.2 Å². The smallest absolute Gasteiger partial charge is 0.263 e. The van der Waals surface area contributed by atoms with E-state index in [1.54, 1.807) is 0 Å². The SMILES string of the molecule is O=c1c2ccccc2cc2c3ccccc3cc(-c3ccc4oc5cccc(-c6nc(-c7ccccc7)nc(-c7ccccc7)n6)c5c4c3)n12. The first kappa shape index (κ1) is 28.1. The van der Waals surface area contributed by atoms with E-state index in [0.717, 1.165) is 71.6 Å². The van der Waals surface area contributed by atoms with Crippen molar-refractivity contribution in [2.75, 3.05) is 0 Å². The summed E-state index contributed by atoms with van der Waals surface area (Å²) in [5.41, 5.74) is 6.62. The summed E-state index contributed by atoms with van der Waals surface area (Å²) in [6, 6.07) is 52.2. The van der Waals surface area contributed by atoms with E-state index in [0.29, 0.717) is 22.9 Å². The third-order valence-electron chi connectivity index (χ3n) is 9.43. The molecule has 0 aliphatic carbocycles. The Bertz CT molecular complexity index is 2950. The first-order valence-corrected chi connectivity index (χ1v) is 16.5. The van der Waals surface area contributed by atoms with Crippen molar-refractivity contribution in [1.29, 1.82) is 0 Å². The third-order valence-corrected chi connectivity index (χ3v) is 9.43. The average Bonchev–Trinajstić information content (AvgIpc) is 3.56. The van der Waals surface area contributed by atoms with Crippen molar-refractivity contribution in [3.8, 4) is 45.4 Å². The van der Waals surface area contributed by atoms with Gasteiger partial charge in [-0.2, -0.15) is 0 Å². The highest BCUT2D eigenvalue weighted by Crippen LogP contribution is 2.39. The van der Waals surface area contributed by atoms with Gasteiger partial charge >= 0.3 is 0 Å². The summed E-state index contributed by atoms with van der Waals surface area (Å²) in [5, 5.41) is 5.49. The summed E-state index contributed by atoms with van der Waals surface area (Å²) in [5.74, 6) is 1.73. The molecule has 4 heterocycles. The maximum atomic E-state index is 14.2. The van der Waals surface area contributed by atoms with Crippen LogP contribution in [0.3, 0.4) is 0 Å². The van der Waals surface area contributed by atoms with E-state index in [9.17, 15) is 4.79 Å². The molecule has 0 spiro atoms. The first-order chi connectivity index (χ1) is 24.7. The summed E-state index contributed by atoms with van der Waals surface area (Å²) in [6.07, 6.45) is 0. The zero-order valence-corrected chi connectivity index (χ0v) is 26.6. The van der Waals surface area contributed by atoms with Crippen LogP contribution in [0.15, 0.2) is 167 Å². The van der Waals surface area contributed by atoms with Crippen molar-refractivity contribution in [1.82, 2.24) is 19.4 Å². The fourth-order valence-electron chi connectivity index (χ4n) is 7.08. The molecule has 0 fully saturated rings. The Morgan fingerprint density at radius 1 is 0.460 bits per heavy atom. The van der Waals surface area contributed by atoms with E-state index in [2.05, 4.69) is 30.3 Å². The second kappa shape index (κ2) is 11.1. The zero-order chi connectivity index (χ0) is 33.2. The molecule has 6 aromatic carbocycles. The highest BCUT2D eigenvalue weighted by molar-refractivity contribution is 6.13. The van der Waals surface area contributed by atoms with Crippen LogP contribution >= 0.6 is 0 Å². The second-order valence-corrected chi connectivity index (χ2v) is 12.4. The van der Waals surface area contributed by atoms with Crippen molar-refractivity contribution in [3.63, 3.8) is 0 Å². The minimum absolute atomic E-state index is 0.0521. The Morgan fingerprint density at radius 3 is 1.80 bits per heavy atom. The molecular weight excluding hydrogens is 617 g/mol. The molecule has 4 aromatic heterocycles. The Labute approximate surface area is 285 Å². The van der Waals surface area contributed by atoms with Crippen LogP contribution in [0.4, 0.5) is 0 Å². The van der Waals surface area contributed by atoms with Crippen LogP contribution in [0.2, 0.25) is 0 Å². The topological polar surface area (TPSA) is 73.3 Å². The van der Waals surface area contributed by atoms with E-state index in [4.69, 9.17) is 19.4 Å². The fraction of sp³-hybridized carbons (Fsp3) is 0. The summed E-state index contributed by atoms with van der Waals surface area (Å²) < 4.78 is 8.28. The second-order valence-electron chi connectivity index (χ2n) is 12.4. The highest BCUT2D eigenvalue weighted by Gasteiger charge is 2.19. The third kappa shape index (κ3) is 4.43. The van der Waals surface area contributed by atoms with E-state index >= 15 is 0 Å². The average molecular weight is 643 g/mol. The van der Waals surface area contributed by atoms with Crippen molar-refractivity contribution in [3.05, 3.63) is 168 Å². The Kier molecular flexibility index (Phi) is 6.23. The van der Waals surface area contributed by atoms with Gasteiger partial charge in [0.15, 0.2) is 17.5 Å². The Morgan fingerprint density at radius 2 is 1.08 bits per heavy atom. The van der Waals surface area contributed by atoms with Crippen molar-refractivity contribution in [2.24, 2.45) is 0 Å². The van der Waals surface area contributed by atoms with Crippen molar-refractivity contribution >= 4 is 49.0 Å². The monoisotopic (exact) mass is 642 g/mol.